The highest BCUT2D eigenvalue weighted by atomic mass is 35.5. The van der Waals surface area contributed by atoms with Crippen molar-refractivity contribution in [3.63, 3.8) is 0 Å². The number of alkyl halides is 1. The summed E-state index contributed by atoms with van der Waals surface area (Å²) in [6.07, 6.45) is 2.14. The number of rotatable bonds is 6. The standard InChI is InChI=1S/C14H20ClNO/c1-3-13(16-14(17)5-4-10-15)12-8-6-11(2)7-9-12/h6-9,13H,3-5,10H2,1-2H3,(H,16,17). The monoisotopic (exact) mass is 253 g/mol. The van der Waals surface area contributed by atoms with Crippen molar-refractivity contribution in [3.05, 3.63) is 35.4 Å². The number of amides is 1. The van der Waals surface area contributed by atoms with Crippen LogP contribution in [0.25, 0.3) is 0 Å². The van der Waals surface area contributed by atoms with E-state index in [0.717, 1.165) is 18.4 Å². The van der Waals surface area contributed by atoms with Gasteiger partial charge in [0.25, 0.3) is 0 Å². The number of hydrogen-bond donors (Lipinski definition) is 1. The summed E-state index contributed by atoms with van der Waals surface area (Å²) in [5.41, 5.74) is 2.40. The van der Waals surface area contributed by atoms with Crippen LogP contribution in [0.5, 0.6) is 0 Å². The van der Waals surface area contributed by atoms with Crippen LogP contribution in [-0.2, 0) is 4.79 Å². The lowest BCUT2D eigenvalue weighted by molar-refractivity contribution is -0.121. The smallest absolute Gasteiger partial charge is 0.220 e. The van der Waals surface area contributed by atoms with E-state index >= 15 is 0 Å². The van der Waals surface area contributed by atoms with Gasteiger partial charge >= 0.3 is 0 Å². The van der Waals surface area contributed by atoms with Gasteiger partial charge in [-0.05, 0) is 25.3 Å². The van der Waals surface area contributed by atoms with Crippen LogP contribution in [0.4, 0.5) is 0 Å². The zero-order valence-electron chi connectivity index (χ0n) is 10.5. The fourth-order valence-corrected chi connectivity index (χ4v) is 1.85. The Kier molecular flexibility index (Phi) is 6.06. The Hall–Kier alpha value is -1.02. The Morgan fingerprint density at radius 3 is 2.53 bits per heavy atom. The number of hydrogen-bond acceptors (Lipinski definition) is 1. The molecule has 0 saturated heterocycles. The first-order valence-corrected chi connectivity index (χ1v) is 6.62. The highest BCUT2D eigenvalue weighted by molar-refractivity contribution is 6.17. The maximum atomic E-state index is 11.6. The van der Waals surface area contributed by atoms with Crippen molar-refractivity contribution in [2.45, 2.75) is 39.2 Å². The summed E-state index contributed by atoms with van der Waals surface area (Å²) in [5.74, 6) is 0.618. The molecule has 1 rings (SSSR count). The predicted octanol–water partition coefficient (Wildman–Crippen LogP) is 3.58. The van der Waals surface area contributed by atoms with E-state index in [-0.39, 0.29) is 11.9 Å². The fraction of sp³-hybridized carbons (Fsp3) is 0.500. The van der Waals surface area contributed by atoms with E-state index in [2.05, 4.69) is 43.4 Å². The molecule has 1 unspecified atom stereocenters. The molecule has 1 aromatic carbocycles. The Balaban J connectivity index is 2.59. The Labute approximate surface area is 108 Å². The molecular weight excluding hydrogens is 234 g/mol. The van der Waals surface area contributed by atoms with Crippen LogP contribution in [0.15, 0.2) is 24.3 Å². The molecule has 0 heterocycles. The Bertz CT molecular complexity index is 348. The quantitative estimate of drug-likeness (QED) is 0.772. The number of nitrogens with one attached hydrogen (secondary N) is 1. The molecule has 0 aliphatic rings. The van der Waals surface area contributed by atoms with Crippen LogP contribution < -0.4 is 5.32 Å². The van der Waals surface area contributed by atoms with Crippen LogP contribution in [0.3, 0.4) is 0 Å². The van der Waals surface area contributed by atoms with Crippen LogP contribution >= 0.6 is 11.6 Å². The van der Waals surface area contributed by atoms with Crippen LogP contribution in [0.2, 0.25) is 0 Å². The second-order valence-corrected chi connectivity index (χ2v) is 4.61. The van der Waals surface area contributed by atoms with Crippen LogP contribution in [0.1, 0.15) is 43.4 Å². The molecule has 0 spiro atoms. The molecule has 0 fully saturated rings. The first kappa shape index (κ1) is 14.0. The van der Waals surface area contributed by atoms with Crippen LogP contribution in [0, 0.1) is 6.92 Å². The first-order chi connectivity index (χ1) is 8.17. The number of aryl methyl sites for hydroxylation is 1. The zero-order valence-corrected chi connectivity index (χ0v) is 11.3. The number of carbonyl (C=O) groups excluding carboxylic acids is 1. The summed E-state index contributed by atoms with van der Waals surface area (Å²) in [6.45, 7) is 4.14. The molecule has 1 N–H and O–H groups in total. The molecule has 0 saturated carbocycles. The Morgan fingerprint density at radius 2 is 2.00 bits per heavy atom. The lowest BCUT2D eigenvalue weighted by atomic mass is 10.0. The van der Waals surface area contributed by atoms with Crippen molar-refractivity contribution in [3.8, 4) is 0 Å². The van der Waals surface area contributed by atoms with Gasteiger partial charge in [0.2, 0.25) is 5.91 Å². The Morgan fingerprint density at radius 1 is 1.35 bits per heavy atom. The zero-order chi connectivity index (χ0) is 12.7. The normalized spacial score (nSPS) is 12.2. The van der Waals surface area contributed by atoms with Gasteiger partial charge in [-0.25, -0.2) is 0 Å². The number of halogens is 1. The topological polar surface area (TPSA) is 29.1 Å². The summed E-state index contributed by atoms with van der Waals surface area (Å²) in [6, 6.07) is 8.40. The minimum Gasteiger partial charge on any atom is -0.349 e. The molecule has 0 aliphatic carbocycles. The number of carbonyl (C=O) groups is 1. The highest BCUT2D eigenvalue weighted by Gasteiger charge is 2.11. The van der Waals surface area contributed by atoms with Gasteiger partial charge in [-0.3, -0.25) is 4.79 Å². The molecule has 0 aromatic heterocycles. The van der Waals surface area contributed by atoms with E-state index in [1.54, 1.807) is 0 Å². The lowest BCUT2D eigenvalue weighted by Crippen LogP contribution is -2.27. The third-order valence-corrected chi connectivity index (χ3v) is 3.03. The summed E-state index contributed by atoms with van der Waals surface area (Å²) >= 11 is 5.57. The summed E-state index contributed by atoms with van der Waals surface area (Å²) in [5, 5.41) is 3.04. The molecule has 17 heavy (non-hydrogen) atoms. The van der Waals surface area contributed by atoms with Crippen molar-refractivity contribution in [2.75, 3.05) is 5.88 Å². The summed E-state index contributed by atoms with van der Waals surface area (Å²) in [7, 11) is 0. The second kappa shape index (κ2) is 7.33. The van der Waals surface area contributed by atoms with Gasteiger partial charge in [-0.1, -0.05) is 36.8 Å². The summed E-state index contributed by atoms with van der Waals surface area (Å²) < 4.78 is 0. The van der Waals surface area contributed by atoms with E-state index in [1.807, 2.05) is 0 Å². The molecule has 1 aromatic rings. The predicted molar refractivity (Wildman–Crippen MR) is 72.3 cm³/mol. The largest absolute Gasteiger partial charge is 0.349 e. The van der Waals surface area contributed by atoms with Crippen molar-refractivity contribution < 1.29 is 4.79 Å². The minimum atomic E-state index is 0.0816. The minimum absolute atomic E-state index is 0.0816. The lowest BCUT2D eigenvalue weighted by Gasteiger charge is -2.17. The van der Waals surface area contributed by atoms with Crippen molar-refractivity contribution in [1.82, 2.24) is 5.32 Å². The molecule has 0 radical (unpaired) electrons. The molecular formula is C14H20ClNO. The van der Waals surface area contributed by atoms with E-state index in [9.17, 15) is 4.79 Å². The molecule has 2 nitrogen and oxygen atoms in total. The SMILES string of the molecule is CCC(NC(=O)CCCCl)c1ccc(C)cc1. The fourth-order valence-electron chi connectivity index (χ4n) is 1.71. The van der Waals surface area contributed by atoms with E-state index < -0.39 is 0 Å². The van der Waals surface area contributed by atoms with E-state index in [4.69, 9.17) is 11.6 Å². The average Bonchev–Trinajstić information content (AvgIpc) is 2.34. The maximum Gasteiger partial charge on any atom is 0.220 e. The maximum absolute atomic E-state index is 11.6. The van der Waals surface area contributed by atoms with Crippen molar-refractivity contribution >= 4 is 17.5 Å². The first-order valence-electron chi connectivity index (χ1n) is 6.09. The molecule has 1 atom stereocenters. The van der Waals surface area contributed by atoms with Gasteiger partial charge in [-0.15, -0.1) is 11.6 Å². The average molecular weight is 254 g/mol. The van der Waals surface area contributed by atoms with Gasteiger partial charge in [0.15, 0.2) is 0 Å². The van der Waals surface area contributed by atoms with Crippen molar-refractivity contribution in [2.24, 2.45) is 0 Å². The van der Waals surface area contributed by atoms with Gasteiger partial charge < -0.3 is 5.32 Å². The van der Waals surface area contributed by atoms with Crippen LogP contribution in [-0.4, -0.2) is 11.8 Å². The second-order valence-electron chi connectivity index (χ2n) is 4.23. The van der Waals surface area contributed by atoms with E-state index in [0.29, 0.717) is 12.3 Å². The van der Waals surface area contributed by atoms with Gasteiger partial charge in [0.05, 0.1) is 6.04 Å². The number of benzene rings is 1. The third kappa shape index (κ3) is 4.78. The van der Waals surface area contributed by atoms with Crippen molar-refractivity contribution in [1.29, 1.82) is 0 Å². The van der Waals surface area contributed by atoms with Gasteiger partial charge in [-0.2, -0.15) is 0 Å². The summed E-state index contributed by atoms with van der Waals surface area (Å²) in [4.78, 5) is 11.6. The van der Waals surface area contributed by atoms with Gasteiger partial charge in [0.1, 0.15) is 0 Å². The molecule has 0 bridgehead atoms. The molecule has 1 amide bonds. The van der Waals surface area contributed by atoms with Gasteiger partial charge in [0, 0.05) is 12.3 Å². The van der Waals surface area contributed by atoms with E-state index in [1.165, 1.54) is 5.56 Å². The third-order valence-electron chi connectivity index (χ3n) is 2.76. The molecule has 3 heteroatoms. The highest BCUT2D eigenvalue weighted by Crippen LogP contribution is 2.17. The molecule has 0 aliphatic heterocycles. The molecule has 94 valence electrons.